The fourth-order valence-electron chi connectivity index (χ4n) is 2.23. The second kappa shape index (κ2) is 6.51. The lowest BCUT2D eigenvalue weighted by molar-refractivity contribution is 0.175. The van der Waals surface area contributed by atoms with Gasteiger partial charge in [-0.25, -0.2) is 0 Å². The summed E-state index contributed by atoms with van der Waals surface area (Å²) in [7, 11) is 2.05. The SMILES string of the molecule is CNC(C)C1CCN(CC(C)=CCl)CC1. The molecule has 1 atom stereocenters. The fraction of sp³-hybridized carbons (Fsp3) is 0.833. The minimum atomic E-state index is 0.650. The number of piperidine rings is 1. The lowest BCUT2D eigenvalue weighted by Gasteiger charge is -2.34. The van der Waals surface area contributed by atoms with Crippen LogP contribution in [0.25, 0.3) is 0 Å². The van der Waals surface area contributed by atoms with E-state index in [0.717, 1.165) is 12.5 Å². The van der Waals surface area contributed by atoms with Gasteiger partial charge in [-0.1, -0.05) is 11.6 Å². The molecule has 2 nitrogen and oxygen atoms in total. The van der Waals surface area contributed by atoms with Gasteiger partial charge in [0, 0.05) is 18.1 Å². The summed E-state index contributed by atoms with van der Waals surface area (Å²) in [5.41, 5.74) is 2.96. The van der Waals surface area contributed by atoms with Gasteiger partial charge in [-0.05, 0) is 58.3 Å². The van der Waals surface area contributed by atoms with E-state index in [4.69, 9.17) is 11.6 Å². The molecule has 3 heteroatoms. The summed E-state index contributed by atoms with van der Waals surface area (Å²) in [6, 6.07) is 0.650. The third kappa shape index (κ3) is 4.13. The molecule has 1 rings (SSSR count). The maximum atomic E-state index is 5.67. The molecule has 0 aromatic carbocycles. The Morgan fingerprint density at radius 1 is 1.53 bits per heavy atom. The standard InChI is InChI=1S/C12H23ClN2/c1-10(8-13)9-15-6-4-12(5-7-15)11(2)14-3/h8,11-12,14H,4-7,9H2,1-3H3. The Hall–Kier alpha value is -0.0500. The summed E-state index contributed by atoms with van der Waals surface area (Å²) in [5.74, 6) is 0.839. The van der Waals surface area contributed by atoms with Gasteiger partial charge in [-0.15, -0.1) is 0 Å². The first-order chi connectivity index (χ1) is 7.17. The molecule has 1 fully saturated rings. The zero-order valence-electron chi connectivity index (χ0n) is 10.1. The van der Waals surface area contributed by atoms with Gasteiger partial charge in [-0.2, -0.15) is 0 Å². The fourth-order valence-corrected chi connectivity index (χ4v) is 2.30. The zero-order chi connectivity index (χ0) is 11.3. The molecule has 0 aliphatic carbocycles. The molecule has 88 valence electrons. The van der Waals surface area contributed by atoms with E-state index in [1.807, 2.05) is 0 Å². The zero-order valence-corrected chi connectivity index (χ0v) is 10.8. The number of nitrogens with one attached hydrogen (secondary N) is 1. The van der Waals surface area contributed by atoms with E-state index in [2.05, 4.69) is 31.1 Å². The van der Waals surface area contributed by atoms with Crippen LogP contribution in [0.4, 0.5) is 0 Å². The van der Waals surface area contributed by atoms with Crippen molar-refractivity contribution in [1.29, 1.82) is 0 Å². The van der Waals surface area contributed by atoms with E-state index in [1.165, 1.54) is 31.5 Å². The molecular formula is C12H23ClN2. The molecule has 0 aromatic rings. The Labute approximate surface area is 98.7 Å². The van der Waals surface area contributed by atoms with E-state index < -0.39 is 0 Å². The highest BCUT2D eigenvalue weighted by atomic mass is 35.5. The topological polar surface area (TPSA) is 15.3 Å². The van der Waals surface area contributed by atoms with Crippen molar-refractivity contribution in [3.63, 3.8) is 0 Å². The van der Waals surface area contributed by atoms with Crippen molar-refractivity contribution in [3.8, 4) is 0 Å². The van der Waals surface area contributed by atoms with Gasteiger partial charge >= 0.3 is 0 Å². The second-order valence-electron chi connectivity index (χ2n) is 4.65. The van der Waals surface area contributed by atoms with Crippen LogP contribution in [0.15, 0.2) is 11.1 Å². The Bertz CT molecular complexity index is 208. The van der Waals surface area contributed by atoms with Crippen LogP contribution in [0.3, 0.4) is 0 Å². The average molecular weight is 231 g/mol. The molecule has 1 unspecified atom stereocenters. The number of nitrogens with zero attached hydrogens (tertiary/aromatic N) is 1. The third-order valence-electron chi connectivity index (χ3n) is 3.45. The molecule has 0 saturated carbocycles. The molecule has 1 aliphatic rings. The molecule has 0 amide bonds. The van der Waals surface area contributed by atoms with Crippen LogP contribution in [-0.2, 0) is 0 Å². The summed E-state index contributed by atoms with van der Waals surface area (Å²) in [5, 5.41) is 3.35. The largest absolute Gasteiger partial charge is 0.317 e. The molecular weight excluding hydrogens is 208 g/mol. The van der Waals surface area contributed by atoms with Gasteiger partial charge in [0.1, 0.15) is 0 Å². The summed E-state index contributed by atoms with van der Waals surface area (Å²) in [4.78, 5) is 2.49. The first kappa shape index (κ1) is 13.0. The van der Waals surface area contributed by atoms with E-state index in [0.29, 0.717) is 6.04 Å². The highest BCUT2D eigenvalue weighted by Gasteiger charge is 2.22. The van der Waals surface area contributed by atoms with Gasteiger partial charge < -0.3 is 5.32 Å². The molecule has 0 aromatic heterocycles. The minimum Gasteiger partial charge on any atom is -0.317 e. The van der Waals surface area contributed by atoms with Gasteiger partial charge in [0.15, 0.2) is 0 Å². The molecule has 1 heterocycles. The van der Waals surface area contributed by atoms with Gasteiger partial charge in [0.25, 0.3) is 0 Å². The molecule has 15 heavy (non-hydrogen) atoms. The van der Waals surface area contributed by atoms with Crippen molar-refractivity contribution < 1.29 is 0 Å². The molecule has 1 N–H and O–H groups in total. The Balaban J connectivity index is 2.29. The van der Waals surface area contributed by atoms with Crippen LogP contribution in [-0.4, -0.2) is 37.6 Å². The van der Waals surface area contributed by atoms with Crippen LogP contribution >= 0.6 is 11.6 Å². The Kier molecular flexibility index (Phi) is 5.65. The summed E-state index contributed by atoms with van der Waals surface area (Å²) in [6.45, 7) is 7.82. The van der Waals surface area contributed by atoms with Gasteiger partial charge in [0.05, 0.1) is 0 Å². The van der Waals surface area contributed by atoms with Crippen molar-refractivity contribution >= 4 is 11.6 Å². The maximum absolute atomic E-state index is 5.67. The quantitative estimate of drug-likeness (QED) is 0.798. The number of hydrogen-bond donors (Lipinski definition) is 1. The lowest BCUT2D eigenvalue weighted by Crippen LogP contribution is -2.41. The van der Waals surface area contributed by atoms with Gasteiger partial charge in [0.2, 0.25) is 0 Å². The number of halogens is 1. The van der Waals surface area contributed by atoms with Crippen molar-refractivity contribution in [1.82, 2.24) is 10.2 Å². The van der Waals surface area contributed by atoms with Crippen LogP contribution < -0.4 is 5.32 Å². The predicted molar refractivity (Wildman–Crippen MR) is 67.3 cm³/mol. The summed E-state index contributed by atoms with van der Waals surface area (Å²) in [6.07, 6.45) is 2.61. The molecule has 0 bridgehead atoms. The van der Waals surface area contributed by atoms with E-state index in [-0.39, 0.29) is 0 Å². The monoisotopic (exact) mass is 230 g/mol. The molecule has 1 saturated heterocycles. The Morgan fingerprint density at radius 2 is 2.13 bits per heavy atom. The third-order valence-corrected chi connectivity index (χ3v) is 3.83. The smallest absolute Gasteiger partial charge is 0.0201 e. The first-order valence-corrected chi connectivity index (χ1v) is 6.26. The van der Waals surface area contributed by atoms with Gasteiger partial charge in [-0.3, -0.25) is 4.90 Å². The highest BCUT2D eigenvalue weighted by Crippen LogP contribution is 2.20. The van der Waals surface area contributed by atoms with Crippen molar-refractivity contribution in [2.24, 2.45) is 5.92 Å². The summed E-state index contributed by atoms with van der Waals surface area (Å²) < 4.78 is 0. The molecule has 0 spiro atoms. The number of rotatable bonds is 4. The summed E-state index contributed by atoms with van der Waals surface area (Å²) >= 11 is 5.67. The first-order valence-electron chi connectivity index (χ1n) is 5.82. The number of likely N-dealkylation sites (tertiary alicyclic amines) is 1. The average Bonchev–Trinajstić information content (AvgIpc) is 2.29. The number of hydrogen-bond acceptors (Lipinski definition) is 2. The molecule has 0 radical (unpaired) electrons. The minimum absolute atomic E-state index is 0.650. The van der Waals surface area contributed by atoms with E-state index in [1.54, 1.807) is 5.54 Å². The van der Waals surface area contributed by atoms with Crippen molar-refractivity contribution in [2.45, 2.75) is 32.7 Å². The second-order valence-corrected chi connectivity index (χ2v) is 4.86. The van der Waals surface area contributed by atoms with E-state index >= 15 is 0 Å². The highest BCUT2D eigenvalue weighted by molar-refractivity contribution is 6.25. The van der Waals surface area contributed by atoms with Crippen LogP contribution in [0.5, 0.6) is 0 Å². The predicted octanol–water partition coefficient (Wildman–Crippen LogP) is 2.45. The van der Waals surface area contributed by atoms with Crippen LogP contribution in [0.2, 0.25) is 0 Å². The van der Waals surface area contributed by atoms with Crippen molar-refractivity contribution in [2.75, 3.05) is 26.7 Å². The molecule has 1 aliphatic heterocycles. The Morgan fingerprint density at radius 3 is 2.60 bits per heavy atom. The maximum Gasteiger partial charge on any atom is 0.0201 e. The van der Waals surface area contributed by atoms with E-state index in [9.17, 15) is 0 Å². The van der Waals surface area contributed by atoms with Crippen LogP contribution in [0, 0.1) is 5.92 Å². The van der Waals surface area contributed by atoms with Crippen molar-refractivity contribution in [3.05, 3.63) is 11.1 Å². The van der Waals surface area contributed by atoms with Crippen LogP contribution in [0.1, 0.15) is 26.7 Å². The lowest BCUT2D eigenvalue weighted by atomic mass is 9.90. The normalized spacial score (nSPS) is 23.1.